The summed E-state index contributed by atoms with van der Waals surface area (Å²) in [7, 11) is 3.91. The molecular weight excluding hydrogens is 315 g/mol. The Morgan fingerprint density at radius 3 is 2.42 bits per heavy atom. The molecule has 0 aliphatic heterocycles. The lowest BCUT2D eigenvalue weighted by Gasteiger charge is -2.20. The number of hydrogen-bond donors (Lipinski definition) is 1. The zero-order chi connectivity index (χ0) is 17.5. The van der Waals surface area contributed by atoms with Crippen LogP contribution in [0.3, 0.4) is 0 Å². The van der Waals surface area contributed by atoms with Crippen LogP contribution in [0.1, 0.15) is 18.1 Å². The Balaban J connectivity index is 2.11. The van der Waals surface area contributed by atoms with Crippen molar-refractivity contribution in [3.05, 3.63) is 48.0 Å². The summed E-state index contributed by atoms with van der Waals surface area (Å²) in [4.78, 5) is 20.7. The number of carbonyl (C=O) groups excluding carboxylic acids is 1. The van der Waals surface area contributed by atoms with Gasteiger partial charge in [-0.3, -0.25) is 0 Å². The molecule has 0 fully saturated rings. The molecule has 7 nitrogen and oxygen atoms in total. The Hall–Kier alpha value is -2.74. The highest BCUT2D eigenvalue weighted by Crippen LogP contribution is 2.23. The molecule has 1 amide bonds. The van der Waals surface area contributed by atoms with Gasteiger partial charge in [0.05, 0.1) is 12.4 Å². The Bertz CT molecular complexity index is 662. The van der Waals surface area contributed by atoms with Crippen molar-refractivity contribution >= 4 is 6.09 Å². The number of rotatable bonds is 7. The summed E-state index contributed by atoms with van der Waals surface area (Å²) in [6, 6.07) is 6.22. The van der Waals surface area contributed by atoms with Gasteiger partial charge in [-0.05, 0) is 31.8 Å². The third-order valence-corrected chi connectivity index (χ3v) is 3.15. The molecule has 128 valence electrons. The monoisotopic (exact) mass is 334 g/mol. The maximum Gasteiger partial charge on any atom is 0.410 e. The minimum atomic E-state index is -0.942. The zero-order valence-electron chi connectivity index (χ0n) is 13.5. The number of amides is 1. The molecule has 0 saturated carbocycles. The summed E-state index contributed by atoms with van der Waals surface area (Å²) in [5.41, 5.74) is 5.73. The summed E-state index contributed by atoms with van der Waals surface area (Å²) < 4.78 is 23.6. The van der Waals surface area contributed by atoms with E-state index in [0.717, 1.165) is 12.1 Å². The Labute approximate surface area is 139 Å². The number of halogens is 1. The van der Waals surface area contributed by atoms with E-state index in [9.17, 15) is 9.18 Å². The molecule has 1 aromatic heterocycles. The van der Waals surface area contributed by atoms with E-state index in [0.29, 0.717) is 6.42 Å². The number of benzene rings is 1. The molecule has 24 heavy (non-hydrogen) atoms. The number of primary amides is 1. The van der Waals surface area contributed by atoms with Crippen molar-refractivity contribution < 1.29 is 18.7 Å². The maximum atomic E-state index is 13.1. The first kappa shape index (κ1) is 17.6. The first-order valence-electron chi connectivity index (χ1n) is 7.30. The fourth-order valence-electron chi connectivity index (χ4n) is 2.01. The van der Waals surface area contributed by atoms with Crippen molar-refractivity contribution in [1.29, 1.82) is 0 Å². The highest BCUT2D eigenvalue weighted by atomic mass is 19.1. The molecule has 1 heterocycles. The molecule has 2 aromatic rings. The normalized spacial score (nSPS) is 12.0. The van der Waals surface area contributed by atoms with Gasteiger partial charge in [0, 0.05) is 13.0 Å². The Kier molecular flexibility index (Phi) is 6.02. The van der Waals surface area contributed by atoms with E-state index in [4.69, 9.17) is 10.5 Å². The summed E-state index contributed by atoms with van der Waals surface area (Å²) in [6.45, 7) is 0.769. The van der Waals surface area contributed by atoms with Gasteiger partial charge in [-0.1, -0.05) is 12.1 Å². The van der Waals surface area contributed by atoms with Gasteiger partial charge >= 0.3 is 12.1 Å². The summed E-state index contributed by atoms with van der Waals surface area (Å²) in [6.07, 6.45) is 1.97. The third kappa shape index (κ3) is 5.47. The standard InChI is InChI=1S/C16H19FN4O3/c1-21(2)8-7-14(11-3-5-12(17)6-4-11)24-16-19-9-13(10-20-16)23-15(18)22/h3-6,9-10,14H,7-8H2,1-2H3,(H2,18,22). The average Bonchev–Trinajstić information content (AvgIpc) is 2.53. The second-order valence-electron chi connectivity index (χ2n) is 5.37. The van der Waals surface area contributed by atoms with Gasteiger partial charge in [-0.2, -0.15) is 9.97 Å². The van der Waals surface area contributed by atoms with Gasteiger partial charge < -0.3 is 20.1 Å². The van der Waals surface area contributed by atoms with Crippen molar-refractivity contribution in [1.82, 2.24) is 14.9 Å². The van der Waals surface area contributed by atoms with Gasteiger partial charge in [0.15, 0.2) is 5.75 Å². The first-order chi connectivity index (χ1) is 11.4. The predicted octanol–water partition coefficient (Wildman–Crippen LogP) is 2.14. The van der Waals surface area contributed by atoms with Crippen LogP contribution in [0.2, 0.25) is 0 Å². The van der Waals surface area contributed by atoms with Crippen LogP contribution in [0.4, 0.5) is 9.18 Å². The van der Waals surface area contributed by atoms with Gasteiger partial charge in [0.1, 0.15) is 11.9 Å². The second kappa shape index (κ2) is 8.21. The van der Waals surface area contributed by atoms with E-state index in [-0.39, 0.29) is 23.7 Å². The van der Waals surface area contributed by atoms with Crippen molar-refractivity contribution in [2.75, 3.05) is 20.6 Å². The molecule has 2 N–H and O–H groups in total. The lowest BCUT2D eigenvalue weighted by molar-refractivity contribution is 0.164. The molecule has 1 unspecified atom stereocenters. The zero-order valence-corrected chi connectivity index (χ0v) is 13.5. The molecule has 0 radical (unpaired) electrons. The third-order valence-electron chi connectivity index (χ3n) is 3.15. The van der Waals surface area contributed by atoms with Crippen LogP contribution in [0.5, 0.6) is 11.8 Å². The Morgan fingerprint density at radius 2 is 1.88 bits per heavy atom. The molecule has 1 aromatic carbocycles. The first-order valence-corrected chi connectivity index (χ1v) is 7.30. The topological polar surface area (TPSA) is 90.6 Å². The quantitative estimate of drug-likeness (QED) is 0.834. The van der Waals surface area contributed by atoms with Crippen LogP contribution in [-0.2, 0) is 0 Å². The molecule has 0 aliphatic rings. The maximum absolute atomic E-state index is 13.1. The van der Waals surface area contributed by atoms with Gasteiger partial charge in [-0.15, -0.1) is 0 Å². The van der Waals surface area contributed by atoms with Crippen molar-refractivity contribution in [2.24, 2.45) is 5.73 Å². The second-order valence-corrected chi connectivity index (χ2v) is 5.37. The molecule has 0 spiro atoms. The van der Waals surface area contributed by atoms with Crippen LogP contribution in [0, 0.1) is 5.82 Å². The highest BCUT2D eigenvalue weighted by molar-refractivity contribution is 5.67. The lowest BCUT2D eigenvalue weighted by Crippen LogP contribution is -2.19. The number of aromatic nitrogens is 2. The van der Waals surface area contributed by atoms with E-state index in [2.05, 4.69) is 14.7 Å². The number of hydrogen-bond acceptors (Lipinski definition) is 6. The smallest absolute Gasteiger partial charge is 0.410 e. The van der Waals surface area contributed by atoms with E-state index in [1.165, 1.54) is 24.5 Å². The summed E-state index contributed by atoms with van der Waals surface area (Å²) in [5.74, 6) is -0.184. The summed E-state index contributed by atoms with van der Waals surface area (Å²) in [5, 5.41) is 0. The van der Waals surface area contributed by atoms with E-state index >= 15 is 0 Å². The van der Waals surface area contributed by atoms with Gasteiger partial charge in [-0.25, -0.2) is 9.18 Å². The van der Waals surface area contributed by atoms with Crippen LogP contribution < -0.4 is 15.2 Å². The van der Waals surface area contributed by atoms with Crippen molar-refractivity contribution in [3.63, 3.8) is 0 Å². The van der Waals surface area contributed by atoms with Crippen molar-refractivity contribution in [2.45, 2.75) is 12.5 Å². The average molecular weight is 334 g/mol. The highest BCUT2D eigenvalue weighted by Gasteiger charge is 2.16. The fourth-order valence-corrected chi connectivity index (χ4v) is 2.01. The number of ether oxygens (including phenoxy) is 2. The summed E-state index contributed by atoms with van der Waals surface area (Å²) >= 11 is 0. The molecule has 0 saturated heterocycles. The van der Waals surface area contributed by atoms with E-state index in [1.54, 1.807) is 12.1 Å². The van der Waals surface area contributed by atoms with Crippen LogP contribution in [-0.4, -0.2) is 41.6 Å². The predicted molar refractivity (Wildman–Crippen MR) is 85.2 cm³/mol. The largest absolute Gasteiger partial charge is 0.455 e. The molecule has 1 atom stereocenters. The van der Waals surface area contributed by atoms with E-state index in [1.807, 2.05) is 19.0 Å². The minimum Gasteiger partial charge on any atom is -0.455 e. The molecule has 8 heteroatoms. The number of nitrogens with zero attached hydrogens (tertiary/aromatic N) is 3. The molecular formula is C16H19FN4O3. The molecule has 2 rings (SSSR count). The Morgan fingerprint density at radius 1 is 1.25 bits per heavy atom. The number of nitrogens with two attached hydrogens (primary N) is 1. The minimum absolute atomic E-state index is 0.125. The van der Waals surface area contributed by atoms with Crippen LogP contribution >= 0.6 is 0 Å². The SMILES string of the molecule is CN(C)CCC(Oc1ncc(OC(N)=O)cn1)c1ccc(F)cc1. The van der Waals surface area contributed by atoms with Gasteiger partial charge in [0.25, 0.3) is 0 Å². The van der Waals surface area contributed by atoms with Gasteiger partial charge in [0.2, 0.25) is 0 Å². The van der Waals surface area contributed by atoms with Crippen LogP contribution in [0.15, 0.2) is 36.7 Å². The van der Waals surface area contributed by atoms with Crippen molar-refractivity contribution in [3.8, 4) is 11.8 Å². The molecule has 0 bridgehead atoms. The number of carbonyl (C=O) groups is 1. The lowest BCUT2D eigenvalue weighted by atomic mass is 10.1. The van der Waals surface area contributed by atoms with Crippen LogP contribution in [0.25, 0.3) is 0 Å². The fraction of sp³-hybridized carbons (Fsp3) is 0.312. The molecule has 0 aliphatic carbocycles. The van der Waals surface area contributed by atoms with E-state index < -0.39 is 6.09 Å².